The summed E-state index contributed by atoms with van der Waals surface area (Å²) in [7, 11) is -0.762. The fourth-order valence-electron chi connectivity index (χ4n) is 2.01. The van der Waals surface area contributed by atoms with Crippen LogP contribution in [0.3, 0.4) is 0 Å². The Morgan fingerprint density at radius 3 is 2.46 bits per heavy atom. The van der Waals surface area contributed by atoms with Crippen LogP contribution in [-0.4, -0.2) is 27.5 Å². The van der Waals surface area contributed by atoms with E-state index >= 15 is 0 Å². The molecule has 0 amide bonds. The molecule has 0 aliphatic rings. The van der Waals surface area contributed by atoms with Gasteiger partial charge in [0.1, 0.15) is 5.82 Å². The SMILES string of the molecule is CN(C)c1cc(CNS(=O)(=O)c2ccccc2C(F)(F)F)ccn1. The number of nitrogens with one attached hydrogen (secondary N) is 1. The highest BCUT2D eigenvalue weighted by Crippen LogP contribution is 2.33. The number of halogens is 3. The molecule has 1 aromatic carbocycles. The maximum Gasteiger partial charge on any atom is 0.417 e. The molecule has 1 heterocycles. The van der Waals surface area contributed by atoms with Gasteiger partial charge in [-0.1, -0.05) is 12.1 Å². The van der Waals surface area contributed by atoms with Gasteiger partial charge in [0.15, 0.2) is 0 Å². The van der Waals surface area contributed by atoms with Crippen LogP contribution >= 0.6 is 0 Å². The Morgan fingerprint density at radius 2 is 1.83 bits per heavy atom. The van der Waals surface area contributed by atoms with E-state index in [2.05, 4.69) is 9.71 Å². The summed E-state index contributed by atoms with van der Waals surface area (Å²) in [4.78, 5) is 5.03. The minimum absolute atomic E-state index is 0.141. The molecule has 0 atom stereocenters. The summed E-state index contributed by atoms with van der Waals surface area (Å²) < 4.78 is 65.6. The normalized spacial score (nSPS) is 12.2. The van der Waals surface area contributed by atoms with E-state index in [1.807, 2.05) is 0 Å². The van der Waals surface area contributed by atoms with Gasteiger partial charge in [0.25, 0.3) is 0 Å². The van der Waals surface area contributed by atoms with Crippen LogP contribution in [-0.2, 0) is 22.7 Å². The Morgan fingerprint density at radius 1 is 1.17 bits per heavy atom. The maximum absolute atomic E-state index is 13.0. The van der Waals surface area contributed by atoms with E-state index in [4.69, 9.17) is 0 Å². The summed E-state index contributed by atoms with van der Waals surface area (Å²) >= 11 is 0. The quantitative estimate of drug-likeness (QED) is 0.892. The van der Waals surface area contributed by atoms with Crippen molar-refractivity contribution in [1.82, 2.24) is 9.71 Å². The number of alkyl halides is 3. The molecular weight excluding hydrogens is 343 g/mol. The number of nitrogens with zero attached hydrogens (tertiary/aromatic N) is 2. The highest BCUT2D eigenvalue weighted by atomic mass is 32.2. The third-order valence-corrected chi connectivity index (χ3v) is 4.68. The molecule has 5 nitrogen and oxygen atoms in total. The average Bonchev–Trinajstić information content (AvgIpc) is 2.52. The fraction of sp³-hybridized carbons (Fsp3) is 0.267. The molecule has 0 fully saturated rings. The first-order valence-corrected chi connectivity index (χ1v) is 8.38. The van der Waals surface area contributed by atoms with Gasteiger partial charge >= 0.3 is 6.18 Å². The highest BCUT2D eigenvalue weighted by molar-refractivity contribution is 7.89. The van der Waals surface area contributed by atoms with E-state index in [9.17, 15) is 21.6 Å². The number of sulfonamides is 1. The van der Waals surface area contributed by atoms with Crippen LogP contribution in [0.5, 0.6) is 0 Å². The van der Waals surface area contributed by atoms with Gasteiger partial charge in [-0.25, -0.2) is 18.1 Å². The van der Waals surface area contributed by atoms with Crippen molar-refractivity contribution >= 4 is 15.8 Å². The zero-order chi connectivity index (χ0) is 18.0. The topological polar surface area (TPSA) is 62.3 Å². The lowest BCUT2D eigenvalue weighted by Crippen LogP contribution is -2.26. The van der Waals surface area contributed by atoms with Crippen LogP contribution in [0.2, 0.25) is 0 Å². The number of anilines is 1. The molecule has 0 aliphatic carbocycles. The number of hydrogen-bond donors (Lipinski definition) is 1. The zero-order valence-electron chi connectivity index (χ0n) is 13.0. The summed E-state index contributed by atoms with van der Waals surface area (Å²) in [6.07, 6.45) is -3.25. The number of aromatic nitrogens is 1. The van der Waals surface area contributed by atoms with Crippen molar-refractivity contribution in [1.29, 1.82) is 0 Å². The summed E-state index contributed by atoms with van der Waals surface area (Å²) in [6.45, 7) is -0.141. The molecule has 0 spiro atoms. The van der Waals surface area contributed by atoms with Crippen LogP contribution in [0, 0.1) is 0 Å². The van der Waals surface area contributed by atoms with Gasteiger partial charge in [0, 0.05) is 26.8 Å². The minimum Gasteiger partial charge on any atom is -0.363 e. The van der Waals surface area contributed by atoms with Crippen molar-refractivity contribution < 1.29 is 21.6 Å². The molecule has 0 bridgehead atoms. The van der Waals surface area contributed by atoms with Crippen molar-refractivity contribution in [2.24, 2.45) is 0 Å². The second-order valence-corrected chi connectivity index (χ2v) is 6.97. The molecular formula is C15H16F3N3O2S. The molecule has 0 unspecified atom stereocenters. The van der Waals surface area contributed by atoms with Crippen LogP contribution in [0.1, 0.15) is 11.1 Å². The van der Waals surface area contributed by atoms with Crippen LogP contribution < -0.4 is 9.62 Å². The highest BCUT2D eigenvalue weighted by Gasteiger charge is 2.36. The lowest BCUT2D eigenvalue weighted by molar-refractivity contribution is -0.139. The maximum atomic E-state index is 13.0. The minimum atomic E-state index is -4.75. The van der Waals surface area contributed by atoms with E-state index in [1.54, 1.807) is 31.1 Å². The summed E-state index contributed by atoms with van der Waals surface area (Å²) in [5.74, 6) is 0.613. The third kappa shape index (κ3) is 4.24. The molecule has 9 heteroatoms. The zero-order valence-corrected chi connectivity index (χ0v) is 13.8. The summed E-state index contributed by atoms with van der Waals surface area (Å²) in [5, 5.41) is 0. The first kappa shape index (κ1) is 18.2. The summed E-state index contributed by atoms with van der Waals surface area (Å²) in [5.41, 5.74) is -0.608. The molecule has 2 rings (SSSR count). The smallest absolute Gasteiger partial charge is 0.363 e. The third-order valence-electron chi connectivity index (χ3n) is 3.22. The Balaban J connectivity index is 2.26. The molecule has 24 heavy (non-hydrogen) atoms. The van der Waals surface area contributed by atoms with Crippen LogP contribution in [0.4, 0.5) is 19.0 Å². The van der Waals surface area contributed by atoms with E-state index in [1.165, 1.54) is 12.3 Å². The Hall–Kier alpha value is -2.13. The van der Waals surface area contributed by atoms with Gasteiger partial charge in [0.05, 0.1) is 10.5 Å². The van der Waals surface area contributed by atoms with Gasteiger partial charge < -0.3 is 4.90 Å². The second-order valence-electron chi connectivity index (χ2n) is 5.24. The van der Waals surface area contributed by atoms with Crippen LogP contribution in [0.15, 0.2) is 47.5 Å². The lowest BCUT2D eigenvalue weighted by Gasteiger charge is -2.15. The standard InChI is InChI=1S/C15H16F3N3O2S/c1-21(2)14-9-11(7-8-19-14)10-20-24(22,23)13-6-4-3-5-12(13)15(16,17)18/h3-9,20H,10H2,1-2H3. The first-order valence-electron chi connectivity index (χ1n) is 6.89. The Bertz CT molecular complexity index is 821. The fourth-order valence-corrected chi connectivity index (χ4v) is 3.25. The number of hydrogen-bond acceptors (Lipinski definition) is 4. The first-order chi connectivity index (χ1) is 11.1. The van der Waals surface area contributed by atoms with Crippen molar-refractivity contribution in [2.75, 3.05) is 19.0 Å². The van der Waals surface area contributed by atoms with Crippen molar-refractivity contribution in [3.63, 3.8) is 0 Å². The average molecular weight is 359 g/mol. The number of pyridine rings is 1. The van der Waals surface area contributed by atoms with Gasteiger partial charge in [-0.2, -0.15) is 13.2 Å². The second kappa shape index (κ2) is 6.78. The predicted octanol–water partition coefficient (Wildman–Crippen LogP) is 2.64. The molecule has 2 aromatic rings. The lowest BCUT2D eigenvalue weighted by atomic mass is 10.2. The van der Waals surface area contributed by atoms with Crippen molar-refractivity contribution in [3.8, 4) is 0 Å². The predicted molar refractivity (Wildman–Crippen MR) is 84.0 cm³/mol. The van der Waals surface area contributed by atoms with Gasteiger partial charge in [-0.15, -0.1) is 0 Å². The van der Waals surface area contributed by atoms with E-state index in [0.29, 0.717) is 11.4 Å². The number of rotatable bonds is 5. The van der Waals surface area contributed by atoms with Crippen molar-refractivity contribution in [3.05, 3.63) is 53.7 Å². The molecule has 1 aromatic heterocycles. The van der Waals surface area contributed by atoms with Gasteiger partial charge in [-0.05, 0) is 29.8 Å². The van der Waals surface area contributed by atoms with E-state index in [0.717, 1.165) is 18.2 Å². The molecule has 1 N–H and O–H groups in total. The molecule has 0 radical (unpaired) electrons. The monoisotopic (exact) mass is 359 g/mol. The molecule has 0 saturated carbocycles. The largest absolute Gasteiger partial charge is 0.417 e. The molecule has 0 aliphatic heterocycles. The van der Waals surface area contributed by atoms with E-state index in [-0.39, 0.29) is 6.54 Å². The van der Waals surface area contributed by atoms with Gasteiger partial charge in [-0.3, -0.25) is 0 Å². The van der Waals surface area contributed by atoms with Crippen LogP contribution in [0.25, 0.3) is 0 Å². The van der Waals surface area contributed by atoms with Crippen molar-refractivity contribution in [2.45, 2.75) is 17.6 Å². The Kier molecular flexibility index (Phi) is 5.14. The van der Waals surface area contributed by atoms with Gasteiger partial charge in [0.2, 0.25) is 10.0 Å². The van der Waals surface area contributed by atoms with E-state index < -0.39 is 26.7 Å². The molecule has 0 saturated heterocycles. The Labute approximate surface area is 138 Å². The number of benzene rings is 1. The summed E-state index contributed by atoms with van der Waals surface area (Å²) in [6, 6.07) is 7.31. The molecule has 130 valence electrons.